The molecule has 4 aromatic rings. The maximum absolute atomic E-state index is 14.0. The number of carbonyl (C=O) groups is 2. The molecule has 2 aromatic carbocycles. The lowest BCUT2D eigenvalue weighted by Crippen LogP contribution is -2.38. The number of aromatic nitrogens is 3. The van der Waals surface area contributed by atoms with Gasteiger partial charge in [-0.2, -0.15) is 0 Å². The fourth-order valence-corrected chi connectivity index (χ4v) is 7.05. The van der Waals surface area contributed by atoms with Gasteiger partial charge < -0.3 is 20.5 Å². The largest absolute Gasteiger partial charge is 0.355 e. The van der Waals surface area contributed by atoms with E-state index in [-0.39, 0.29) is 29.9 Å². The van der Waals surface area contributed by atoms with Crippen molar-refractivity contribution < 1.29 is 14.0 Å². The van der Waals surface area contributed by atoms with Crippen molar-refractivity contribution in [2.75, 3.05) is 19.4 Å². The zero-order valence-corrected chi connectivity index (χ0v) is 26.5. The summed E-state index contributed by atoms with van der Waals surface area (Å²) in [5.74, 6) is 0.0948. The van der Waals surface area contributed by atoms with Crippen LogP contribution in [0.2, 0.25) is 0 Å². The molecule has 5 rings (SSSR count). The summed E-state index contributed by atoms with van der Waals surface area (Å²) in [6, 6.07) is 11.0. The molecule has 0 bridgehead atoms. The summed E-state index contributed by atoms with van der Waals surface area (Å²) in [7, 11) is 3.21. The summed E-state index contributed by atoms with van der Waals surface area (Å²) in [5.41, 5.74) is 2.39. The van der Waals surface area contributed by atoms with Gasteiger partial charge in [0.05, 0.1) is 27.9 Å². The Kier molecular flexibility index (Phi) is 8.78. The number of anilines is 1. The van der Waals surface area contributed by atoms with E-state index in [1.54, 1.807) is 51.4 Å². The highest BCUT2D eigenvalue weighted by molar-refractivity contribution is 14.2. The fraction of sp³-hybridized carbons (Fsp3) is 0.226. The highest BCUT2D eigenvalue weighted by Crippen LogP contribution is 2.28. The van der Waals surface area contributed by atoms with Gasteiger partial charge in [-0.1, -0.05) is 32.9 Å². The Labute approximate surface area is 257 Å². The van der Waals surface area contributed by atoms with Crippen LogP contribution in [-0.4, -0.2) is 55.5 Å². The van der Waals surface area contributed by atoms with E-state index in [0.717, 1.165) is 23.7 Å². The van der Waals surface area contributed by atoms with Gasteiger partial charge in [0.25, 0.3) is 11.5 Å². The molecule has 1 aliphatic heterocycles. The van der Waals surface area contributed by atoms with Crippen molar-refractivity contribution in [2.24, 2.45) is 4.99 Å². The molecular weight excluding hydrogens is 664 g/mol. The van der Waals surface area contributed by atoms with Gasteiger partial charge in [-0.3, -0.25) is 19.0 Å². The predicted octanol–water partition coefficient (Wildman–Crippen LogP) is 4.18. The molecule has 1 atom stereocenters. The van der Waals surface area contributed by atoms with Crippen molar-refractivity contribution in [1.82, 2.24) is 24.8 Å². The van der Waals surface area contributed by atoms with Crippen LogP contribution in [0.5, 0.6) is 0 Å². The monoisotopic (exact) mass is 695 g/mol. The fourth-order valence-electron chi connectivity index (χ4n) is 4.73. The molecule has 2 aromatic heterocycles. The number of amides is 2. The molecule has 222 valence electrons. The Balaban J connectivity index is 1.61. The standard InChI is InChI=1S/C31H31FIN7O3/c1-17-15-39(26-10-9-22(32)12-24(17)26)27-13-23(33-19(3)37-27)16-40-28(20-7-6-8-21(11-20)30(42)35-5)36-14-25(31(40)43)38-29(41)18(2)34-4/h6-15,18,34H,16H2,1-5H3,(H,35,42)(H,38,41)/t18-/m0/s1. The average Bonchev–Trinajstić information content (AvgIpc) is 3.33. The number of aryl methyl sites for hydroxylation is 1. The molecule has 3 heterocycles. The number of allylic oxidation sites excluding steroid dienone is 2. The third kappa shape index (κ3) is 6.25. The first-order chi connectivity index (χ1) is 20.6. The van der Waals surface area contributed by atoms with E-state index in [1.165, 1.54) is 22.9 Å². The van der Waals surface area contributed by atoms with Crippen LogP contribution in [0.25, 0.3) is 22.3 Å². The van der Waals surface area contributed by atoms with Gasteiger partial charge in [0, 0.05) is 33.3 Å². The zero-order chi connectivity index (χ0) is 30.8. The van der Waals surface area contributed by atoms with Crippen molar-refractivity contribution in [3.05, 3.63) is 91.8 Å². The van der Waals surface area contributed by atoms with Crippen molar-refractivity contribution in [2.45, 2.75) is 33.4 Å². The maximum Gasteiger partial charge on any atom is 0.277 e. The van der Waals surface area contributed by atoms with E-state index in [4.69, 9.17) is 4.99 Å². The smallest absolute Gasteiger partial charge is 0.277 e. The van der Waals surface area contributed by atoms with Gasteiger partial charge >= 0.3 is 0 Å². The summed E-state index contributed by atoms with van der Waals surface area (Å²) in [6.45, 7) is 5.78. The van der Waals surface area contributed by atoms with Crippen LogP contribution in [-0.2, 0) is 11.3 Å². The highest BCUT2D eigenvalue weighted by Gasteiger charge is 2.20. The van der Waals surface area contributed by atoms with Gasteiger partial charge in [-0.15, -0.1) is 0 Å². The van der Waals surface area contributed by atoms with Crippen LogP contribution in [0.4, 0.5) is 10.1 Å². The molecule has 0 unspecified atom stereocenters. The Morgan fingerprint density at radius 3 is 2.65 bits per heavy atom. The number of hydrogen-bond donors (Lipinski definition) is 3. The molecule has 1 aliphatic rings. The second-order valence-corrected chi connectivity index (χ2v) is 13.5. The summed E-state index contributed by atoms with van der Waals surface area (Å²) < 4.78 is 19.4. The second-order valence-electron chi connectivity index (χ2n) is 10.0. The molecule has 0 radical (unpaired) electrons. The summed E-state index contributed by atoms with van der Waals surface area (Å²) in [6.07, 6.45) is 5.24. The molecule has 0 saturated carbocycles. The lowest BCUT2D eigenvalue weighted by molar-refractivity contribution is -0.117. The summed E-state index contributed by atoms with van der Waals surface area (Å²) in [5, 5.41) is 8.97. The minimum Gasteiger partial charge on any atom is -0.355 e. The Morgan fingerprint density at radius 2 is 1.91 bits per heavy atom. The molecule has 12 heteroatoms. The Morgan fingerprint density at radius 1 is 1.12 bits per heavy atom. The number of hydrogen-bond acceptors (Lipinski definition) is 6. The van der Waals surface area contributed by atoms with Crippen LogP contribution >= 0.6 is 20.7 Å². The highest BCUT2D eigenvalue weighted by atomic mass is 127. The third-order valence-corrected chi connectivity index (χ3v) is 9.44. The topological polar surface area (TPSA) is 122 Å². The number of carbonyl (C=O) groups excluding carboxylic acids is 2. The minimum atomic E-state index is -0.689. The van der Waals surface area contributed by atoms with E-state index < -0.39 is 32.3 Å². The first-order valence-electron chi connectivity index (χ1n) is 13.5. The normalized spacial score (nSPS) is 13.9. The molecule has 10 nitrogen and oxygen atoms in total. The predicted molar refractivity (Wildman–Crippen MR) is 177 cm³/mol. The van der Waals surface area contributed by atoms with Gasteiger partial charge in [0.1, 0.15) is 23.2 Å². The van der Waals surface area contributed by atoms with Crippen LogP contribution in [0, 0.1) is 12.7 Å². The van der Waals surface area contributed by atoms with Crippen LogP contribution in [0.15, 0.2) is 74.3 Å². The minimum absolute atomic E-state index is 0.0524. The van der Waals surface area contributed by atoms with Crippen LogP contribution in [0.3, 0.4) is 0 Å². The number of nitrogens with one attached hydrogen (secondary N) is 3. The van der Waals surface area contributed by atoms with Crippen LogP contribution in [0.1, 0.15) is 29.8 Å². The SMILES string of the molecule is CNC(=O)c1cccc(-c2ncc(NC(=O)[C@H](C)NC)c(=O)n2CC2=CC(n3cc(C)c4cc(F)ccc43)=NC(C)=I2)c1. The number of benzene rings is 2. The maximum atomic E-state index is 14.0. The number of nitrogens with zero attached hydrogens (tertiary/aromatic N) is 4. The van der Waals surface area contributed by atoms with E-state index in [2.05, 4.69) is 20.9 Å². The van der Waals surface area contributed by atoms with Crippen molar-refractivity contribution in [3.8, 4) is 11.4 Å². The van der Waals surface area contributed by atoms with Crippen LogP contribution < -0.4 is 21.5 Å². The van der Waals surface area contributed by atoms with Gasteiger partial charge in [0.15, 0.2) is 0 Å². The van der Waals surface area contributed by atoms with Gasteiger partial charge in [-0.25, -0.2) is 14.4 Å². The first-order valence-corrected chi connectivity index (χ1v) is 15.7. The lowest BCUT2D eigenvalue weighted by atomic mass is 10.1. The number of fused-ring (bicyclic) bond motifs is 1. The number of likely N-dealkylation sites (N-methyl/N-ethyl adjacent to an activating group) is 1. The molecule has 0 spiro atoms. The van der Waals surface area contributed by atoms with Crippen molar-refractivity contribution in [1.29, 1.82) is 0 Å². The Bertz CT molecular complexity index is 1920. The average molecular weight is 696 g/mol. The van der Waals surface area contributed by atoms with E-state index in [0.29, 0.717) is 22.8 Å². The lowest BCUT2D eigenvalue weighted by Gasteiger charge is -2.18. The first kappa shape index (κ1) is 30.2. The van der Waals surface area contributed by atoms with Crippen molar-refractivity contribution in [3.63, 3.8) is 0 Å². The third-order valence-electron chi connectivity index (χ3n) is 7.08. The van der Waals surface area contributed by atoms with Gasteiger partial charge in [-0.05, 0) is 69.8 Å². The molecule has 0 aliphatic carbocycles. The quantitative estimate of drug-likeness (QED) is 0.251. The number of halogens is 2. The number of aliphatic imine (C=N–C) groups is 1. The zero-order valence-electron chi connectivity index (χ0n) is 24.3. The molecule has 0 fully saturated rings. The van der Waals surface area contributed by atoms with E-state index in [9.17, 15) is 18.8 Å². The summed E-state index contributed by atoms with van der Waals surface area (Å²) in [4.78, 5) is 48.3. The van der Waals surface area contributed by atoms with Gasteiger partial charge in [0.2, 0.25) is 5.91 Å². The Hall–Kier alpha value is -4.30. The van der Waals surface area contributed by atoms with Crippen molar-refractivity contribution >= 4 is 58.6 Å². The second kappa shape index (κ2) is 12.5. The van der Waals surface area contributed by atoms with E-state index >= 15 is 0 Å². The molecule has 2 amide bonds. The number of rotatable bonds is 7. The van der Waals surface area contributed by atoms with E-state index in [1.807, 2.05) is 30.7 Å². The molecule has 0 saturated heterocycles. The molecule has 43 heavy (non-hydrogen) atoms. The summed E-state index contributed by atoms with van der Waals surface area (Å²) >= 11 is -0.689. The molecular formula is C31H31FIN7O3. The molecule has 3 N–H and O–H groups in total.